The molecule has 0 aliphatic carbocycles. The number of anilines is 1. The molecule has 4 heteroatoms. The van der Waals surface area contributed by atoms with E-state index in [4.69, 9.17) is 21.1 Å². The van der Waals surface area contributed by atoms with E-state index in [2.05, 4.69) is 5.32 Å². The van der Waals surface area contributed by atoms with Crippen molar-refractivity contribution >= 4 is 17.3 Å². The van der Waals surface area contributed by atoms with E-state index < -0.39 is 0 Å². The average Bonchev–Trinajstić information content (AvgIpc) is 2.26. The predicted molar refractivity (Wildman–Crippen MR) is 63.0 cm³/mol. The summed E-state index contributed by atoms with van der Waals surface area (Å²) in [6.07, 6.45) is 0.147. The molecule has 3 nitrogen and oxygen atoms in total. The summed E-state index contributed by atoms with van der Waals surface area (Å²) in [6, 6.07) is 5.47. The third kappa shape index (κ3) is 3.61. The average molecular weight is 230 g/mol. The summed E-state index contributed by atoms with van der Waals surface area (Å²) < 4.78 is 10.3. The Hall–Kier alpha value is -0.930. The van der Waals surface area contributed by atoms with Crippen molar-refractivity contribution in [2.45, 2.75) is 13.0 Å². The number of rotatable bonds is 5. The normalized spacial score (nSPS) is 12.3. The molecule has 1 rings (SSSR count). The Balaban J connectivity index is 2.69. The standard InChI is InChI=1S/C11H16ClNO2/c1-8(14-2)7-13-10-6-9(12)4-5-11(10)15-3/h4-6,8,13H,7H2,1-3H3. The second-order valence-electron chi connectivity index (χ2n) is 3.27. The molecule has 0 spiro atoms. The monoisotopic (exact) mass is 229 g/mol. The van der Waals surface area contributed by atoms with Crippen molar-refractivity contribution in [1.82, 2.24) is 0 Å². The maximum absolute atomic E-state index is 5.90. The van der Waals surface area contributed by atoms with Gasteiger partial charge in [-0.25, -0.2) is 0 Å². The van der Waals surface area contributed by atoms with Gasteiger partial charge < -0.3 is 14.8 Å². The summed E-state index contributed by atoms with van der Waals surface area (Å²) >= 11 is 5.90. The largest absolute Gasteiger partial charge is 0.495 e. The zero-order valence-electron chi connectivity index (χ0n) is 9.21. The van der Waals surface area contributed by atoms with E-state index in [1.807, 2.05) is 19.1 Å². The van der Waals surface area contributed by atoms with Crippen molar-refractivity contribution in [3.63, 3.8) is 0 Å². The number of methoxy groups -OCH3 is 2. The van der Waals surface area contributed by atoms with Gasteiger partial charge in [0, 0.05) is 18.7 Å². The first-order valence-corrected chi connectivity index (χ1v) is 5.15. The molecular weight excluding hydrogens is 214 g/mol. The molecule has 1 aromatic carbocycles. The van der Waals surface area contributed by atoms with Gasteiger partial charge >= 0.3 is 0 Å². The quantitative estimate of drug-likeness (QED) is 0.842. The molecule has 0 aromatic heterocycles. The van der Waals surface area contributed by atoms with Gasteiger partial charge in [-0.3, -0.25) is 0 Å². The number of benzene rings is 1. The third-order valence-corrected chi connectivity index (χ3v) is 2.38. The summed E-state index contributed by atoms with van der Waals surface area (Å²) in [5.74, 6) is 0.780. The van der Waals surface area contributed by atoms with Crippen LogP contribution in [0.25, 0.3) is 0 Å². The molecule has 84 valence electrons. The van der Waals surface area contributed by atoms with Gasteiger partial charge in [0.05, 0.1) is 18.9 Å². The van der Waals surface area contributed by atoms with E-state index in [9.17, 15) is 0 Å². The number of hydrogen-bond acceptors (Lipinski definition) is 3. The van der Waals surface area contributed by atoms with Crippen LogP contribution < -0.4 is 10.1 Å². The molecule has 0 bridgehead atoms. The maximum atomic E-state index is 5.90. The Morgan fingerprint density at radius 3 is 2.73 bits per heavy atom. The van der Waals surface area contributed by atoms with Crippen molar-refractivity contribution in [2.75, 3.05) is 26.1 Å². The fourth-order valence-corrected chi connectivity index (χ4v) is 1.33. The van der Waals surface area contributed by atoms with Crippen LogP contribution in [0.4, 0.5) is 5.69 Å². The van der Waals surface area contributed by atoms with E-state index in [0.29, 0.717) is 11.6 Å². The van der Waals surface area contributed by atoms with Crippen molar-refractivity contribution < 1.29 is 9.47 Å². The Morgan fingerprint density at radius 2 is 2.13 bits per heavy atom. The molecule has 0 fully saturated rings. The van der Waals surface area contributed by atoms with Crippen LogP contribution in [0.15, 0.2) is 18.2 Å². The predicted octanol–water partition coefficient (Wildman–Crippen LogP) is 2.80. The molecule has 0 amide bonds. The lowest BCUT2D eigenvalue weighted by molar-refractivity contribution is 0.128. The van der Waals surface area contributed by atoms with Crippen LogP contribution in [0, 0.1) is 0 Å². The van der Waals surface area contributed by atoms with Crippen molar-refractivity contribution in [1.29, 1.82) is 0 Å². The fourth-order valence-electron chi connectivity index (χ4n) is 1.16. The van der Waals surface area contributed by atoms with Crippen molar-refractivity contribution in [2.24, 2.45) is 0 Å². The van der Waals surface area contributed by atoms with Gasteiger partial charge in [0.1, 0.15) is 5.75 Å². The van der Waals surface area contributed by atoms with E-state index >= 15 is 0 Å². The van der Waals surface area contributed by atoms with Crippen LogP contribution in [0.2, 0.25) is 5.02 Å². The summed E-state index contributed by atoms with van der Waals surface area (Å²) in [4.78, 5) is 0. The van der Waals surface area contributed by atoms with Gasteiger partial charge in [0.2, 0.25) is 0 Å². The summed E-state index contributed by atoms with van der Waals surface area (Å²) in [7, 11) is 3.32. The van der Waals surface area contributed by atoms with Crippen LogP contribution in [0.5, 0.6) is 5.75 Å². The molecule has 15 heavy (non-hydrogen) atoms. The Kier molecular flexibility index (Phi) is 4.72. The molecule has 0 radical (unpaired) electrons. The van der Waals surface area contributed by atoms with E-state index in [-0.39, 0.29) is 6.10 Å². The molecule has 1 aromatic rings. The SMILES string of the molecule is COc1ccc(Cl)cc1NCC(C)OC. The molecule has 0 saturated carbocycles. The lowest BCUT2D eigenvalue weighted by atomic mass is 10.2. The van der Waals surface area contributed by atoms with Gasteiger partial charge in [-0.1, -0.05) is 11.6 Å². The minimum atomic E-state index is 0.147. The van der Waals surface area contributed by atoms with Crippen LogP contribution in [-0.4, -0.2) is 26.9 Å². The summed E-state index contributed by atoms with van der Waals surface area (Å²) in [5, 5.41) is 3.90. The molecule has 0 aliphatic rings. The smallest absolute Gasteiger partial charge is 0.142 e. The number of hydrogen-bond donors (Lipinski definition) is 1. The van der Waals surface area contributed by atoms with Gasteiger partial charge in [-0.05, 0) is 25.1 Å². The van der Waals surface area contributed by atoms with Crippen molar-refractivity contribution in [3.05, 3.63) is 23.2 Å². The minimum Gasteiger partial charge on any atom is -0.495 e. The van der Waals surface area contributed by atoms with E-state index in [0.717, 1.165) is 11.4 Å². The highest BCUT2D eigenvalue weighted by atomic mass is 35.5. The highest BCUT2D eigenvalue weighted by Crippen LogP contribution is 2.27. The Labute approximate surface area is 95.3 Å². The minimum absolute atomic E-state index is 0.147. The molecule has 1 atom stereocenters. The molecule has 0 aliphatic heterocycles. The van der Waals surface area contributed by atoms with E-state index in [1.165, 1.54) is 0 Å². The van der Waals surface area contributed by atoms with Gasteiger partial charge in [0.15, 0.2) is 0 Å². The molecule has 1 N–H and O–H groups in total. The lowest BCUT2D eigenvalue weighted by Crippen LogP contribution is -2.18. The maximum Gasteiger partial charge on any atom is 0.142 e. The molecule has 0 saturated heterocycles. The fraction of sp³-hybridized carbons (Fsp3) is 0.455. The second kappa shape index (κ2) is 5.83. The lowest BCUT2D eigenvalue weighted by Gasteiger charge is -2.14. The first kappa shape index (κ1) is 12.1. The number of halogens is 1. The van der Waals surface area contributed by atoms with Crippen LogP contribution >= 0.6 is 11.6 Å². The number of nitrogens with one attached hydrogen (secondary N) is 1. The molecule has 0 heterocycles. The zero-order chi connectivity index (χ0) is 11.3. The van der Waals surface area contributed by atoms with Crippen LogP contribution in [-0.2, 0) is 4.74 Å². The number of ether oxygens (including phenoxy) is 2. The van der Waals surface area contributed by atoms with Crippen LogP contribution in [0.3, 0.4) is 0 Å². The Morgan fingerprint density at radius 1 is 1.40 bits per heavy atom. The third-order valence-electron chi connectivity index (χ3n) is 2.14. The first-order valence-electron chi connectivity index (χ1n) is 4.77. The van der Waals surface area contributed by atoms with Crippen molar-refractivity contribution in [3.8, 4) is 5.75 Å². The second-order valence-corrected chi connectivity index (χ2v) is 3.71. The highest BCUT2D eigenvalue weighted by molar-refractivity contribution is 6.30. The van der Waals surface area contributed by atoms with Gasteiger partial charge in [-0.2, -0.15) is 0 Å². The molecule has 1 unspecified atom stereocenters. The Bertz CT molecular complexity index is 317. The van der Waals surface area contributed by atoms with Crippen LogP contribution in [0.1, 0.15) is 6.92 Å². The zero-order valence-corrected chi connectivity index (χ0v) is 9.97. The first-order chi connectivity index (χ1) is 7.17. The molecular formula is C11H16ClNO2. The summed E-state index contributed by atoms with van der Waals surface area (Å²) in [6.45, 7) is 2.71. The van der Waals surface area contributed by atoms with Gasteiger partial charge in [-0.15, -0.1) is 0 Å². The van der Waals surface area contributed by atoms with E-state index in [1.54, 1.807) is 20.3 Å². The van der Waals surface area contributed by atoms with Gasteiger partial charge in [0.25, 0.3) is 0 Å². The summed E-state index contributed by atoms with van der Waals surface area (Å²) in [5.41, 5.74) is 0.883. The topological polar surface area (TPSA) is 30.5 Å². The highest BCUT2D eigenvalue weighted by Gasteiger charge is 2.05.